The molecule has 0 amide bonds. The van der Waals surface area contributed by atoms with Crippen LogP contribution in [0, 0.1) is 20.2 Å². The van der Waals surface area contributed by atoms with Gasteiger partial charge in [-0.25, -0.2) is 4.98 Å². The minimum atomic E-state index is -0.899. The molecule has 0 aliphatic rings. The van der Waals surface area contributed by atoms with E-state index in [1.54, 1.807) is 0 Å². The molecule has 0 saturated heterocycles. The number of nitro groups is 2. The first-order valence-corrected chi connectivity index (χ1v) is 4.67. The third-order valence-corrected chi connectivity index (χ3v) is 1.90. The van der Waals surface area contributed by atoms with Crippen LogP contribution in [0.5, 0.6) is 0 Å². The fourth-order valence-corrected chi connectivity index (χ4v) is 1.13. The zero-order valence-corrected chi connectivity index (χ0v) is 8.98. The van der Waals surface area contributed by atoms with Gasteiger partial charge in [0.05, 0.1) is 15.9 Å². The number of carbonyl (C=O) groups excluding carboxylic acids is 1. The lowest BCUT2D eigenvalue weighted by Crippen LogP contribution is -2.06. The monoisotopic (exact) mass is 252 g/mol. The minimum absolute atomic E-state index is 0.0898. The highest BCUT2D eigenvalue weighted by molar-refractivity contribution is 6.05. The summed E-state index contributed by atoms with van der Waals surface area (Å²) in [7, 11) is 0. The average Bonchev–Trinajstić information content (AvgIpc) is 2.34. The molecule has 1 rings (SSSR count). The summed E-state index contributed by atoms with van der Waals surface area (Å²) in [6.07, 6.45) is 3.12. The second-order valence-corrected chi connectivity index (χ2v) is 3.08. The maximum Gasteiger partial charge on any atom is 0.305 e. The summed E-state index contributed by atoms with van der Waals surface area (Å²) in [6, 6.07) is 0.691. The molecule has 0 radical (unpaired) electrons. The van der Waals surface area contributed by atoms with Crippen LogP contribution >= 0.6 is 0 Å². The van der Waals surface area contributed by atoms with Crippen molar-refractivity contribution in [1.29, 1.82) is 0 Å². The molecular formula is C9H8N4O5. The molecule has 0 bridgehead atoms. The van der Waals surface area contributed by atoms with Crippen molar-refractivity contribution in [2.75, 3.05) is 6.54 Å². The van der Waals surface area contributed by atoms with Gasteiger partial charge in [0, 0.05) is 6.54 Å². The van der Waals surface area contributed by atoms with Gasteiger partial charge in [-0.1, -0.05) is 6.08 Å². The number of allylic oxidation sites excluding steroid dienone is 1. The van der Waals surface area contributed by atoms with Gasteiger partial charge in [0.25, 0.3) is 5.69 Å². The van der Waals surface area contributed by atoms with Crippen molar-refractivity contribution < 1.29 is 14.6 Å². The van der Waals surface area contributed by atoms with Crippen LogP contribution in [0.3, 0.4) is 0 Å². The lowest BCUT2D eigenvalue weighted by atomic mass is 10.2. The molecule has 18 heavy (non-hydrogen) atoms. The van der Waals surface area contributed by atoms with Gasteiger partial charge in [-0.3, -0.25) is 25.0 Å². The molecule has 0 fully saturated rings. The Kier molecular flexibility index (Phi) is 4.16. The van der Waals surface area contributed by atoms with E-state index in [1.807, 2.05) is 0 Å². The average molecular weight is 252 g/mol. The number of pyridine rings is 1. The summed E-state index contributed by atoms with van der Waals surface area (Å²) in [4.78, 5) is 34.4. The highest BCUT2D eigenvalue weighted by atomic mass is 16.6. The molecule has 0 spiro atoms. The summed E-state index contributed by atoms with van der Waals surface area (Å²) in [5, 5.41) is 21.2. The third-order valence-electron chi connectivity index (χ3n) is 1.90. The number of nitrogens with zero attached hydrogens (tertiary/aromatic N) is 3. The van der Waals surface area contributed by atoms with E-state index < -0.39 is 32.7 Å². The van der Waals surface area contributed by atoms with E-state index in [9.17, 15) is 25.0 Å². The first-order chi connectivity index (χ1) is 8.47. The number of hydrogen-bond acceptors (Lipinski definition) is 7. The van der Waals surface area contributed by atoms with Crippen LogP contribution in [0.25, 0.3) is 0 Å². The molecule has 1 heterocycles. The number of aromatic nitrogens is 1. The largest absolute Gasteiger partial charge is 0.327 e. The fraction of sp³-hybridized carbons (Fsp3) is 0.111. The summed E-state index contributed by atoms with van der Waals surface area (Å²) in [5.74, 6) is -0.734. The van der Waals surface area contributed by atoms with E-state index in [1.165, 1.54) is 6.08 Å². The Morgan fingerprint density at radius 1 is 1.39 bits per heavy atom. The van der Waals surface area contributed by atoms with Crippen molar-refractivity contribution in [2.24, 2.45) is 5.73 Å². The Balaban J connectivity index is 3.28. The number of carbonyl (C=O) groups is 1. The van der Waals surface area contributed by atoms with E-state index in [0.29, 0.717) is 6.07 Å². The molecule has 2 N–H and O–H groups in total. The normalized spacial score (nSPS) is 10.5. The van der Waals surface area contributed by atoms with Gasteiger partial charge < -0.3 is 5.73 Å². The van der Waals surface area contributed by atoms with Crippen molar-refractivity contribution in [1.82, 2.24) is 4.98 Å². The smallest absolute Gasteiger partial charge is 0.305 e. The van der Waals surface area contributed by atoms with Gasteiger partial charge in [0.2, 0.25) is 5.78 Å². The molecule has 0 aliphatic heterocycles. The standard InChI is InChI=1S/C9H8N4O5/c10-3-1-2-8(14)9-7(13(17)18)4-6(5-11-9)12(15)16/h1-2,4-5H,3,10H2/b2-1+. The third kappa shape index (κ3) is 2.92. The number of hydrogen-bond donors (Lipinski definition) is 1. The van der Waals surface area contributed by atoms with Crippen LogP contribution in [-0.4, -0.2) is 27.2 Å². The lowest BCUT2D eigenvalue weighted by Gasteiger charge is -1.98. The molecule has 9 nitrogen and oxygen atoms in total. The van der Waals surface area contributed by atoms with Gasteiger partial charge >= 0.3 is 5.69 Å². The molecule has 0 aliphatic carbocycles. The van der Waals surface area contributed by atoms with Crippen molar-refractivity contribution in [3.63, 3.8) is 0 Å². The number of rotatable bonds is 5. The zero-order valence-electron chi connectivity index (χ0n) is 8.98. The van der Waals surface area contributed by atoms with E-state index in [0.717, 1.165) is 12.3 Å². The van der Waals surface area contributed by atoms with Crippen molar-refractivity contribution in [3.05, 3.63) is 50.3 Å². The highest BCUT2D eigenvalue weighted by Crippen LogP contribution is 2.22. The molecule has 94 valence electrons. The SMILES string of the molecule is NC/C=C/C(=O)c1ncc([N+](=O)[O-])cc1[N+](=O)[O-]. The molecule has 0 aromatic carbocycles. The van der Waals surface area contributed by atoms with Crippen LogP contribution < -0.4 is 5.73 Å². The molecule has 0 atom stereocenters. The summed E-state index contributed by atoms with van der Waals surface area (Å²) in [5.41, 5.74) is 3.40. The van der Waals surface area contributed by atoms with Gasteiger partial charge in [0.15, 0.2) is 5.69 Å². The van der Waals surface area contributed by atoms with E-state index in [2.05, 4.69) is 4.98 Å². The van der Waals surface area contributed by atoms with Gasteiger partial charge in [0.1, 0.15) is 6.20 Å². The first kappa shape index (κ1) is 13.4. The van der Waals surface area contributed by atoms with Crippen molar-refractivity contribution in [3.8, 4) is 0 Å². The van der Waals surface area contributed by atoms with Crippen LogP contribution in [0.15, 0.2) is 24.4 Å². The lowest BCUT2D eigenvalue weighted by molar-refractivity contribution is -0.394. The Labute approximate surface area is 100 Å². The van der Waals surface area contributed by atoms with Crippen LogP contribution in [-0.2, 0) is 0 Å². The Morgan fingerprint density at radius 2 is 2.06 bits per heavy atom. The van der Waals surface area contributed by atoms with Crippen molar-refractivity contribution >= 4 is 17.2 Å². The molecule has 0 saturated carbocycles. The summed E-state index contributed by atoms with van der Waals surface area (Å²) in [6.45, 7) is 0.0898. The Morgan fingerprint density at radius 3 is 2.56 bits per heavy atom. The quantitative estimate of drug-likeness (QED) is 0.349. The highest BCUT2D eigenvalue weighted by Gasteiger charge is 2.24. The molecular weight excluding hydrogens is 244 g/mol. The van der Waals surface area contributed by atoms with Crippen molar-refractivity contribution in [2.45, 2.75) is 0 Å². The van der Waals surface area contributed by atoms with E-state index in [4.69, 9.17) is 5.73 Å². The second-order valence-electron chi connectivity index (χ2n) is 3.08. The Hall–Kier alpha value is -2.68. The summed E-state index contributed by atoms with van der Waals surface area (Å²) >= 11 is 0. The van der Waals surface area contributed by atoms with Crippen LogP contribution in [0.4, 0.5) is 11.4 Å². The molecule has 9 heteroatoms. The zero-order chi connectivity index (χ0) is 13.7. The second kappa shape index (κ2) is 5.59. The molecule has 1 aromatic rings. The van der Waals surface area contributed by atoms with Gasteiger partial charge in [-0.05, 0) is 6.08 Å². The maximum atomic E-state index is 11.5. The first-order valence-electron chi connectivity index (χ1n) is 4.67. The predicted octanol–water partition coefficient (Wildman–Crippen LogP) is 0.596. The topological polar surface area (TPSA) is 142 Å². The maximum absolute atomic E-state index is 11.5. The minimum Gasteiger partial charge on any atom is -0.327 e. The van der Waals surface area contributed by atoms with Crippen LogP contribution in [0.2, 0.25) is 0 Å². The number of nitrogens with two attached hydrogens (primary N) is 1. The number of ketones is 1. The van der Waals surface area contributed by atoms with Gasteiger partial charge in [-0.15, -0.1) is 0 Å². The fourth-order valence-electron chi connectivity index (χ4n) is 1.13. The van der Waals surface area contributed by atoms with E-state index >= 15 is 0 Å². The Bertz CT molecular complexity index is 540. The van der Waals surface area contributed by atoms with E-state index in [-0.39, 0.29) is 6.54 Å². The predicted molar refractivity (Wildman–Crippen MR) is 60.1 cm³/mol. The summed E-state index contributed by atoms with van der Waals surface area (Å²) < 4.78 is 0. The van der Waals surface area contributed by atoms with Crippen LogP contribution in [0.1, 0.15) is 10.5 Å². The van der Waals surface area contributed by atoms with Gasteiger partial charge in [-0.2, -0.15) is 0 Å². The molecule has 1 aromatic heterocycles. The molecule has 0 unspecified atom stereocenters.